The molecule has 5 heteroatoms. The van der Waals surface area contributed by atoms with Crippen molar-refractivity contribution in [3.63, 3.8) is 0 Å². The van der Waals surface area contributed by atoms with E-state index in [0.717, 1.165) is 24.2 Å². The lowest BCUT2D eigenvalue weighted by molar-refractivity contribution is -0.140. The number of carbonyl (C=O) groups is 1. The summed E-state index contributed by atoms with van der Waals surface area (Å²) >= 11 is 0. The third-order valence-corrected chi connectivity index (χ3v) is 3.28. The second-order valence-electron chi connectivity index (χ2n) is 4.73. The summed E-state index contributed by atoms with van der Waals surface area (Å²) in [6, 6.07) is 5.37. The minimum atomic E-state index is -0.763. The van der Waals surface area contributed by atoms with Gasteiger partial charge in [0.05, 0.1) is 5.69 Å². The van der Waals surface area contributed by atoms with Crippen LogP contribution in [0.3, 0.4) is 0 Å². The molecule has 2 aromatic rings. The second kappa shape index (κ2) is 4.42. The molecule has 0 spiro atoms. The van der Waals surface area contributed by atoms with E-state index in [1.807, 2.05) is 35.0 Å². The number of carboxylic acids is 1. The summed E-state index contributed by atoms with van der Waals surface area (Å²) in [5.74, 6) is -0.471. The molecule has 2 N–H and O–H groups in total. The van der Waals surface area contributed by atoms with E-state index >= 15 is 0 Å². The van der Waals surface area contributed by atoms with E-state index < -0.39 is 12.0 Å². The summed E-state index contributed by atoms with van der Waals surface area (Å²) in [7, 11) is 0. The van der Waals surface area contributed by atoms with Gasteiger partial charge in [0.15, 0.2) is 0 Å². The molecule has 1 aliphatic carbocycles. The molecule has 18 heavy (non-hydrogen) atoms. The summed E-state index contributed by atoms with van der Waals surface area (Å²) in [5, 5.41) is 12.2. The van der Waals surface area contributed by atoms with Crippen LogP contribution in [0.2, 0.25) is 0 Å². The van der Waals surface area contributed by atoms with Gasteiger partial charge in [-0.15, -0.1) is 0 Å². The molecule has 0 aromatic carbocycles. The first-order valence-electron chi connectivity index (χ1n) is 6.13. The van der Waals surface area contributed by atoms with Crippen LogP contribution in [0.5, 0.6) is 0 Å². The Kier molecular flexibility index (Phi) is 2.76. The van der Waals surface area contributed by atoms with Crippen molar-refractivity contribution in [2.24, 2.45) is 5.92 Å². The molecule has 3 rings (SSSR count). The van der Waals surface area contributed by atoms with Crippen LogP contribution in [0.1, 0.15) is 18.5 Å². The molecule has 5 nitrogen and oxygen atoms in total. The fourth-order valence-electron chi connectivity index (χ4n) is 2.17. The smallest absolute Gasteiger partial charge is 0.320 e. The third kappa shape index (κ3) is 2.22. The molecule has 0 aliphatic heterocycles. The fraction of sp³-hybridized carbons (Fsp3) is 0.385. The molecule has 1 aliphatic rings. The van der Waals surface area contributed by atoms with Crippen LogP contribution in [0.25, 0.3) is 5.65 Å². The van der Waals surface area contributed by atoms with E-state index in [4.69, 9.17) is 5.11 Å². The maximum absolute atomic E-state index is 11.1. The number of aliphatic carboxylic acids is 1. The van der Waals surface area contributed by atoms with Crippen molar-refractivity contribution in [1.82, 2.24) is 14.7 Å². The Morgan fingerprint density at radius 3 is 3.06 bits per heavy atom. The number of nitrogens with zero attached hydrogens (tertiary/aromatic N) is 2. The number of rotatable bonds is 5. The van der Waals surface area contributed by atoms with Crippen LogP contribution in [-0.4, -0.2) is 26.5 Å². The van der Waals surface area contributed by atoms with Crippen LogP contribution in [-0.2, 0) is 11.3 Å². The molecule has 0 saturated heterocycles. The number of carboxylic acid groups (broad SMARTS) is 1. The zero-order valence-corrected chi connectivity index (χ0v) is 9.91. The average Bonchev–Trinajstić information content (AvgIpc) is 3.08. The molecule has 2 aromatic heterocycles. The van der Waals surface area contributed by atoms with Crippen molar-refractivity contribution in [2.45, 2.75) is 25.4 Å². The van der Waals surface area contributed by atoms with Crippen LogP contribution < -0.4 is 5.32 Å². The van der Waals surface area contributed by atoms with Gasteiger partial charge < -0.3 is 9.51 Å². The van der Waals surface area contributed by atoms with Crippen LogP contribution in [0.4, 0.5) is 0 Å². The first-order chi connectivity index (χ1) is 8.74. The molecule has 0 radical (unpaired) electrons. The summed E-state index contributed by atoms with van der Waals surface area (Å²) in [6.45, 7) is 0.495. The monoisotopic (exact) mass is 245 g/mol. The van der Waals surface area contributed by atoms with E-state index in [1.54, 1.807) is 0 Å². The van der Waals surface area contributed by atoms with Gasteiger partial charge in [-0.3, -0.25) is 10.1 Å². The molecule has 1 saturated carbocycles. The zero-order chi connectivity index (χ0) is 12.5. The molecular formula is C13H15N3O2. The number of imidazole rings is 1. The largest absolute Gasteiger partial charge is 0.480 e. The van der Waals surface area contributed by atoms with Gasteiger partial charge in [0, 0.05) is 18.9 Å². The standard InChI is InChI=1S/C13H15N3O2/c17-13(18)12(9-4-5-9)14-7-10-8-16-6-2-1-3-11(16)15-10/h1-3,6,8-9,12,14H,4-5,7H2,(H,17,18). The van der Waals surface area contributed by atoms with E-state index in [-0.39, 0.29) is 0 Å². The molecule has 0 bridgehead atoms. The third-order valence-electron chi connectivity index (χ3n) is 3.28. The zero-order valence-electron chi connectivity index (χ0n) is 9.91. The van der Waals surface area contributed by atoms with E-state index in [9.17, 15) is 4.79 Å². The highest BCUT2D eigenvalue weighted by atomic mass is 16.4. The van der Waals surface area contributed by atoms with E-state index in [2.05, 4.69) is 10.3 Å². The Morgan fingerprint density at radius 1 is 1.56 bits per heavy atom. The highest BCUT2D eigenvalue weighted by molar-refractivity contribution is 5.74. The van der Waals surface area contributed by atoms with Gasteiger partial charge >= 0.3 is 5.97 Å². The van der Waals surface area contributed by atoms with Crippen molar-refractivity contribution in [3.8, 4) is 0 Å². The van der Waals surface area contributed by atoms with Crippen molar-refractivity contribution < 1.29 is 9.90 Å². The summed E-state index contributed by atoms with van der Waals surface area (Å²) in [6.07, 6.45) is 5.87. The normalized spacial score (nSPS) is 16.9. The van der Waals surface area contributed by atoms with Crippen molar-refractivity contribution in [1.29, 1.82) is 0 Å². The maximum atomic E-state index is 11.1. The molecule has 0 amide bonds. The van der Waals surface area contributed by atoms with Crippen molar-refractivity contribution in [3.05, 3.63) is 36.3 Å². The van der Waals surface area contributed by atoms with Gasteiger partial charge in [0.25, 0.3) is 0 Å². The highest BCUT2D eigenvalue weighted by Crippen LogP contribution is 2.32. The van der Waals surface area contributed by atoms with Gasteiger partial charge in [0.2, 0.25) is 0 Å². The number of nitrogens with one attached hydrogen (secondary N) is 1. The average molecular weight is 245 g/mol. The topological polar surface area (TPSA) is 66.6 Å². The number of hydrogen-bond donors (Lipinski definition) is 2. The summed E-state index contributed by atoms with van der Waals surface area (Å²) in [5.41, 5.74) is 1.75. The van der Waals surface area contributed by atoms with E-state index in [0.29, 0.717) is 12.5 Å². The first kappa shape index (κ1) is 11.2. The number of fused-ring (bicyclic) bond motifs is 1. The molecule has 2 heterocycles. The minimum Gasteiger partial charge on any atom is -0.480 e. The molecule has 94 valence electrons. The Bertz CT molecular complexity index is 541. The molecule has 1 atom stereocenters. The predicted octanol–water partition coefficient (Wildman–Crippen LogP) is 1.29. The first-order valence-corrected chi connectivity index (χ1v) is 6.13. The lowest BCUT2D eigenvalue weighted by Gasteiger charge is -2.11. The lowest BCUT2D eigenvalue weighted by atomic mass is 10.2. The molecular weight excluding hydrogens is 230 g/mol. The van der Waals surface area contributed by atoms with Crippen LogP contribution in [0, 0.1) is 5.92 Å². The van der Waals surface area contributed by atoms with Gasteiger partial charge in [-0.2, -0.15) is 0 Å². The van der Waals surface area contributed by atoms with Crippen molar-refractivity contribution >= 4 is 11.6 Å². The lowest BCUT2D eigenvalue weighted by Crippen LogP contribution is -2.38. The highest BCUT2D eigenvalue weighted by Gasteiger charge is 2.35. The van der Waals surface area contributed by atoms with Gasteiger partial charge in [-0.1, -0.05) is 6.07 Å². The number of aromatic nitrogens is 2. The van der Waals surface area contributed by atoms with Gasteiger partial charge in [0.1, 0.15) is 11.7 Å². The SMILES string of the molecule is O=C(O)C(NCc1cn2ccccc2n1)C1CC1. The summed E-state index contributed by atoms with van der Waals surface area (Å²) < 4.78 is 1.93. The van der Waals surface area contributed by atoms with Gasteiger partial charge in [-0.25, -0.2) is 4.98 Å². The Hall–Kier alpha value is -1.88. The maximum Gasteiger partial charge on any atom is 0.320 e. The fourth-order valence-corrected chi connectivity index (χ4v) is 2.17. The quantitative estimate of drug-likeness (QED) is 0.833. The summed E-state index contributed by atoms with van der Waals surface area (Å²) in [4.78, 5) is 15.5. The van der Waals surface area contributed by atoms with Crippen LogP contribution >= 0.6 is 0 Å². The predicted molar refractivity (Wildman–Crippen MR) is 66.2 cm³/mol. The van der Waals surface area contributed by atoms with E-state index in [1.165, 1.54) is 0 Å². The minimum absolute atomic E-state index is 0.291. The second-order valence-corrected chi connectivity index (χ2v) is 4.73. The molecule has 1 fully saturated rings. The Morgan fingerprint density at radius 2 is 2.39 bits per heavy atom. The molecule has 1 unspecified atom stereocenters. The van der Waals surface area contributed by atoms with Gasteiger partial charge in [-0.05, 0) is 30.9 Å². The number of hydrogen-bond acceptors (Lipinski definition) is 3. The van der Waals surface area contributed by atoms with Crippen molar-refractivity contribution in [2.75, 3.05) is 0 Å². The van der Waals surface area contributed by atoms with Crippen LogP contribution in [0.15, 0.2) is 30.6 Å². The Balaban J connectivity index is 1.70. The number of pyridine rings is 1. The Labute approximate surface area is 104 Å².